The van der Waals surface area contributed by atoms with Crippen molar-refractivity contribution in [1.29, 1.82) is 0 Å². The Kier molecular flexibility index (Phi) is 2.95. The van der Waals surface area contributed by atoms with Crippen molar-refractivity contribution < 1.29 is 4.74 Å². The molecule has 120 valence electrons. The highest BCUT2D eigenvalue weighted by molar-refractivity contribution is 5.39. The Morgan fingerprint density at radius 1 is 1.17 bits per heavy atom. The molecule has 3 aromatic rings. The zero-order chi connectivity index (χ0) is 16.1. The first-order valence-electron chi connectivity index (χ1n) is 8.42. The fourth-order valence-electron chi connectivity index (χ4n) is 3.24. The zero-order valence-corrected chi connectivity index (χ0v) is 13.5. The Balaban J connectivity index is 1.58. The Labute approximate surface area is 140 Å². The van der Waals surface area contributed by atoms with Crippen molar-refractivity contribution in [2.24, 2.45) is 0 Å². The largest absolute Gasteiger partial charge is 0.482 e. The molecular weight excluding hydrogens is 300 g/mol. The number of aromatic nitrogens is 4. The fourth-order valence-corrected chi connectivity index (χ4v) is 3.24. The lowest BCUT2D eigenvalue weighted by Gasteiger charge is -2.12. The van der Waals surface area contributed by atoms with Crippen LogP contribution in [0.4, 0.5) is 0 Å². The van der Waals surface area contributed by atoms with E-state index in [1.54, 1.807) is 0 Å². The standard InChI is InChI=1S/C19H18N4O/c1-12-10-15(8-9-20-12)23-19(21-18(22-23)13-6-7-13)17-11-14-4-2-3-5-16(14)24-17/h2-5,8-10,13,17H,6-7,11H2,1H3. The van der Waals surface area contributed by atoms with E-state index in [4.69, 9.17) is 14.8 Å². The monoisotopic (exact) mass is 318 g/mol. The summed E-state index contributed by atoms with van der Waals surface area (Å²) in [6.07, 6.45) is 4.94. The second-order valence-corrected chi connectivity index (χ2v) is 6.59. The molecule has 1 saturated carbocycles. The average Bonchev–Trinajstić information content (AvgIpc) is 3.20. The molecule has 2 aromatic heterocycles. The van der Waals surface area contributed by atoms with Gasteiger partial charge in [-0.1, -0.05) is 18.2 Å². The van der Waals surface area contributed by atoms with Gasteiger partial charge in [-0.15, -0.1) is 0 Å². The van der Waals surface area contributed by atoms with Gasteiger partial charge in [-0.25, -0.2) is 9.67 Å². The molecular formula is C19H18N4O. The number of hydrogen-bond donors (Lipinski definition) is 0. The third-order valence-electron chi connectivity index (χ3n) is 4.65. The van der Waals surface area contributed by atoms with Gasteiger partial charge in [0.25, 0.3) is 0 Å². The minimum atomic E-state index is -0.0872. The molecule has 0 spiro atoms. The van der Waals surface area contributed by atoms with Crippen LogP contribution in [0.5, 0.6) is 5.75 Å². The highest BCUT2D eigenvalue weighted by Gasteiger charge is 2.34. The molecule has 1 aromatic carbocycles. The highest BCUT2D eigenvalue weighted by atomic mass is 16.5. The van der Waals surface area contributed by atoms with Crippen LogP contribution >= 0.6 is 0 Å². The number of aryl methyl sites for hydroxylation is 1. The molecule has 0 N–H and O–H groups in total. The van der Waals surface area contributed by atoms with Gasteiger partial charge in [-0.05, 0) is 43.5 Å². The molecule has 2 aliphatic rings. The molecule has 1 unspecified atom stereocenters. The van der Waals surface area contributed by atoms with Crippen LogP contribution in [-0.4, -0.2) is 19.7 Å². The summed E-state index contributed by atoms with van der Waals surface area (Å²) in [7, 11) is 0. The Morgan fingerprint density at radius 2 is 2.04 bits per heavy atom. The molecule has 0 amide bonds. The molecule has 5 nitrogen and oxygen atoms in total. The van der Waals surface area contributed by atoms with Crippen LogP contribution < -0.4 is 4.74 Å². The summed E-state index contributed by atoms with van der Waals surface area (Å²) in [6, 6.07) is 12.2. The van der Waals surface area contributed by atoms with Crippen molar-refractivity contribution >= 4 is 0 Å². The van der Waals surface area contributed by atoms with E-state index in [9.17, 15) is 0 Å². The number of benzene rings is 1. The second kappa shape index (κ2) is 5.16. The molecule has 0 saturated heterocycles. The van der Waals surface area contributed by atoms with E-state index in [0.29, 0.717) is 5.92 Å². The quantitative estimate of drug-likeness (QED) is 0.741. The summed E-state index contributed by atoms with van der Waals surface area (Å²) < 4.78 is 8.10. The first kappa shape index (κ1) is 13.7. The summed E-state index contributed by atoms with van der Waals surface area (Å²) in [5.41, 5.74) is 3.20. The first-order valence-corrected chi connectivity index (χ1v) is 8.42. The Hall–Kier alpha value is -2.69. The van der Waals surface area contributed by atoms with Crippen LogP contribution in [0.2, 0.25) is 0 Å². The van der Waals surface area contributed by atoms with Crippen LogP contribution in [0.15, 0.2) is 42.6 Å². The Morgan fingerprint density at radius 3 is 2.83 bits per heavy atom. The maximum atomic E-state index is 6.16. The van der Waals surface area contributed by atoms with Gasteiger partial charge in [-0.3, -0.25) is 4.98 Å². The van der Waals surface area contributed by atoms with Crippen molar-refractivity contribution in [3.63, 3.8) is 0 Å². The van der Waals surface area contributed by atoms with Crippen molar-refractivity contribution in [2.75, 3.05) is 0 Å². The zero-order valence-electron chi connectivity index (χ0n) is 13.5. The molecule has 0 bridgehead atoms. The SMILES string of the molecule is Cc1cc(-n2nc(C3CC3)nc2C2Cc3ccccc3O2)ccn1. The minimum absolute atomic E-state index is 0.0872. The molecule has 5 rings (SSSR count). The summed E-state index contributed by atoms with van der Waals surface area (Å²) in [5, 5.41) is 4.79. The summed E-state index contributed by atoms with van der Waals surface area (Å²) in [6.45, 7) is 1.99. The molecule has 1 aliphatic carbocycles. The van der Waals surface area contributed by atoms with Crippen molar-refractivity contribution in [1.82, 2.24) is 19.7 Å². The third-order valence-corrected chi connectivity index (χ3v) is 4.65. The smallest absolute Gasteiger partial charge is 0.173 e. The summed E-state index contributed by atoms with van der Waals surface area (Å²) in [5.74, 6) is 3.30. The number of pyridine rings is 1. The summed E-state index contributed by atoms with van der Waals surface area (Å²) in [4.78, 5) is 9.14. The van der Waals surface area contributed by atoms with Gasteiger partial charge >= 0.3 is 0 Å². The average molecular weight is 318 g/mol. The van der Waals surface area contributed by atoms with Gasteiger partial charge in [0.1, 0.15) is 5.75 Å². The summed E-state index contributed by atoms with van der Waals surface area (Å²) >= 11 is 0. The lowest BCUT2D eigenvalue weighted by Crippen LogP contribution is -2.12. The maximum Gasteiger partial charge on any atom is 0.173 e. The molecule has 0 radical (unpaired) electrons. The normalized spacial score (nSPS) is 19.1. The van der Waals surface area contributed by atoms with Gasteiger partial charge in [0.2, 0.25) is 0 Å². The predicted octanol–water partition coefficient (Wildman–Crippen LogP) is 3.52. The molecule has 3 heterocycles. The fraction of sp³-hybridized carbons (Fsp3) is 0.316. The first-order chi connectivity index (χ1) is 11.8. The predicted molar refractivity (Wildman–Crippen MR) is 89.4 cm³/mol. The van der Waals surface area contributed by atoms with Gasteiger partial charge in [0.15, 0.2) is 17.8 Å². The third kappa shape index (κ3) is 2.28. The maximum absolute atomic E-state index is 6.16. The van der Waals surface area contributed by atoms with Gasteiger partial charge in [-0.2, -0.15) is 5.10 Å². The number of ether oxygens (including phenoxy) is 1. The van der Waals surface area contributed by atoms with Crippen LogP contribution in [-0.2, 0) is 6.42 Å². The topological polar surface area (TPSA) is 52.8 Å². The lowest BCUT2D eigenvalue weighted by atomic mass is 10.1. The van der Waals surface area contributed by atoms with Crippen LogP contribution in [0, 0.1) is 6.92 Å². The van der Waals surface area contributed by atoms with Crippen molar-refractivity contribution in [2.45, 2.75) is 38.2 Å². The molecule has 1 fully saturated rings. The molecule has 5 heteroatoms. The highest BCUT2D eigenvalue weighted by Crippen LogP contribution is 2.41. The van der Waals surface area contributed by atoms with Gasteiger partial charge in [0, 0.05) is 24.2 Å². The van der Waals surface area contributed by atoms with E-state index in [-0.39, 0.29) is 6.10 Å². The van der Waals surface area contributed by atoms with Crippen LogP contribution in [0.3, 0.4) is 0 Å². The van der Waals surface area contributed by atoms with Crippen molar-refractivity contribution in [3.8, 4) is 11.4 Å². The minimum Gasteiger partial charge on any atom is -0.482 e. The number of hydrogen-bond acceptors (Lipinski definition) is 4. The van der Waals surface area contributed by atoms with E-state index in [0.717, 1.165) is 35.2 Å². The van der Waals surface area contributed by atoms with E-state index in [1.165, 1.54) is 18.4 Å². The second-order valence-electron chi connectivity index (χ2n) is 6.59. The number of para-hydroxylation sites is 1. The molecule has 1 atom stereocenters. The lowest BCUT2D eigenvalue weighted by molar-refractivity contribution is 0.224. The molecule has 1 aliphatic heterocycles. The molecule has 24 heavy (non-hydrogen) atoms. The van der Waals surface area contributed by atoms with Crippen LogP contribution in [0.25, 0.3) is 5.69 Å². The van der Waals surface area contributed by atoms with Gasteiger partial charge in [0.05, 0.1) is 5.69 Å². The van der Waals surface area contributed by atoms with Gasteiger partial charge < -0.3 is 4.74 Å². The van der Waals surface area contributed by atoms with Crippen molar-refractivity contribution in [3.05, 3.63) is 65.5 Å². The van der Waals surface area contributed by atoms with E-state index in [2.05, 4.69) is 17.1 Å². The van der Waals surface area contributed by atoms with Crippen LogP contribution in [0.1, 0.15) is 47.8 Å². The van der Waals surface area contributed by atoms with E-state index in [1.807, 2.05) is 42.1 Å². The number of nitrogens with zero attached hydrogens (tertiary/aromatic N) is 4. The Bertz CT molecular complexity index is 888. The van der Waals surface area contributed by atoms with E-state index < -0.39 is 0 Å². The number of fused-ring (bicyclic) bond motifs is 1. The number of rotatable bonds is 3. The van der Waals surface area contributed by atoms with E-state index >= 15 is 0 Å².